The van der Waals surface area contributed by atoms with Gasteiger partial charge in [-0.05, 0) is 71.8 Å². The molecule has 2 amide bonds. The van der Waals surface area contributed by atoms with Gasteiger partial charge < -0.3 is 15.4 Å². The Balaban J connectivity index is 1.94. The van der Waals surface area contributed by atoms with Gasteiger partial charge in [0, 0.05) is 22.2 Å². The minimum Gasteiger partial charge on any atom is -0.409 e. The predicted octanol–water partition coefficient (Wildman–Crippen LogP) is 5.89. The second kappa shape index (κ2) is 9.85. The third-order valence-corrected chi connectivity index (χ3v) is 6.12. The Labute approximate surface area is 218 Å². The van der Waals surface area contributed by atoms with Crippen LogP contribution < -0.4 is 15.4 Å². The number of alkyl halides is 4. The highest BCUT2D eigenvalue weighted by Gasteiger charge is 2.55. The summed E-state index contributed by atoms with van der Waals surface area (Å²) in [6.07, 6.45) is -7.13. The third kappa shape index (κ3) is 5.56. The van der Waals surface area contributed by atoms with Gasteiger partial charge in [0.25, 0.3) is 0 Å². The normalized spacial score (nSPS) is 17.4. The number of amides is 2. The number of hydrogen-bond acceptors (Lipinski definition) is 4. The van der Waals surface area contributed by atoms with Crippen molar-refractivity contribution in [2.45, 2.75) is 44.3 Å². The Morgan fingerprint density at radius 3 is 2.44 bits per heavy atom. The Morgan fingerprint density at radius 2 is 1.81 bits per heavy atom. The number of fused-ring (bicyclic) bond motifs is 1. The van der Waals surface area contributed by atoms with E-state index in [-0.39, 0.29) is 18.0 Å². The van der Waals surface area contributed by atoms with Crippen LogP contribution in [0.1, 0.15) is 36.2 Å². The van der Waals surface area contributed by atoms with Crippen molar-refractivity contribution in [3.05, 3.63) is 92.8 Å². The first-order chi connectivity index (χ1) is 16.9. The lowest BCUT2D eigenvalue weighted by molar-refractivity contribution is -0.461. The highest BCUT2D eigenvalue weighted by molar-refractivity contribution is 14.1. The van der Waals surface area contributed by atoms with Crippen LogP contribution in [0.2, 0.25) is 0 Å². The smallest absolute Gasteiger partial charge is 0.409 e. The van der Waals surface area contributed by atoms with Gasteiger partial charge in [0.1, 0.15) is 11.3 Å². The summed E-state index contributed by atoms with van der Waals surface area (Å²) in [6.45, 7) is 3.55. The van der Waals surface area contributed by atoms with Crippen LogP contribution in [0, 0.1) is 3.57 Å². The molecular formula is C25H22F4IN3O3. The summed E-state index contributed by atoms with van der Waals surface area (Å²) >= 11 is 2.07. The Morgan fingerprint density at radius 1 is 1.08 bits per heavy atom. The molecule has 1 aromatic heterocycles. The summed E-state index contributed by atoms with van der Waals surface area (Å²) in [5, 5.41) is 5.67. The molecule has 0 saturated carbocycles. The molecule has 11 heteroatoms. The molecule has 2 aromatic carbocycles. The minimum atomic E-state index is -4.49. The number of ether oxygens (including phenoxy) is 2. The highest BCUT2D eigenvalue weighted by Crippen LogP contribution is 2.48. The molecule has 2 heterocycles. The monoisotopic (exact) mass is 615 g/mol. The van der Waals surface area contributed by atoms with Gasteiger partial charge in [0.15, 0.2) is 0 Å². The van der Waals surface area contributed by atoms with Gasteiger partial charge in [-0.2, -0.15) is 8.78 Å². The SMILES string of the molecule is CC(C)NC(=O)N[C@](Cc1ccccc1)(c1ccc2c(c1)C(F)(F)OC(F)(F)O2)c1ccc(I)cn1. The molecule has 1 aliphatic heterocycles. The van der Waals surface area contributed by atoms with E-state index in [1.165, 1.54) is 6.07 Å². The molecular weight excluding hydrogens is 593 g/mol. The number of halogens is 5. The van der Waals surface area contributed by atoms with E-state index in [4.69, 9.17) is 0 Å². The molecule has 0 saturated heterocycles. The van der Waals surface area contributed by atoms with Crippen LogP contribution in [-0.4, -0.2) is 23.4 Å². The number of pyridine rings is 1. The first-order valence-corrected chi connectivity index (χ1v) is 12.0. The van der Waals surface area contributed by atoms with E-state index in [0.717, 1.165) is 21.3 Å². The molecule has 190 valence electrons. The lowest BCUT2D eigenvalue weighted by Crippen LogP contribution is -2.54. The van der Waals surface area contributed by atoms with Gasteiger partial charge in [-0.15, -0.1) is 8.78 Å². The zero-order valence-electron chi connectivity index (χ0n) is 19.2. The largest absolute Gasteiger partial charge is 0.540 e. The van der Waals surface area contributed by atoms with E-state index in [2.05, 4.69) is 47.7 Å². The van der Waals surface area contributed by atoms with Crippen molar-refractivity contribution in [2.24, 2.45) is 0 Å². The standard InChI is InChI=1S/C25H22F4IN3O3/c1-15(2)32-22(34)33-23(13-16-6-4-3-5-7-16,21-11-9-18(30)14-31-21)17-8-10-20-19(12-17)24(26,27)36-25(28,29)35-20/h3-12,14-15H,13H2,1-2H3,(H2,32,33,34)/t23-/m1/s1. The van der Waals surface area contributed by atoms with Crippen molar-refractivity contribution in [1.29, 1.82) is 0 Å². The summed E-state index contributed by atoms with van der Waals surface area (Å²) < 4.78 is 65.3. The minimum absolute atomic E-state index is 0.120. The fraction of sp³-hybridized carbons (Fsp3) is 0.280. The third-order valence-electron chi connectivity index (χ3n) is 5.49. The van der Waals surface area contributed by atoms with Gasteiger partial charge in [0.05, 0.1) is 11.3 Å². The van der Waals surface area contributed by atoms with Gasteiger partial charge in [-0.3, -0.25) is 4.98 Å². The highest BCUT2D eigenvalue weighted by atomic mass is 127. The van der Waals surface area contributed by atoms with Crippen molar-refractivity contribution < 1.29 is 31.8 Å². The van der Waals surface area contributed by atoms with Gasteiger partial charge in [-0.25, -0.2) is 9.53 Å². The average molecular weight is 615 g/mol. The summed E-state index contributed by atoms with van der Waals surface area (Å²) in [7, 11) is 0. The maximum absolute atomic E-state index is 14.7. The second-order valence-electron chi connectivity index (χ2n) is 8.58. The molecule has 0 unspecified atom stereocenters. The number of rotatable bonds is 6. The van der Waals surface area contributed by atoms with E-state index < -0.39 is 35.3 Å². The molecule has 3 aromatic rings. The maximum Gasteiger partial charge on any atom is 0.540 e. The topological polar surface area (TPSA) is 72.5 Å². The number of aromatic nitrogens is 1. The molecule has 4 rings (SSSR count). The van der Waals surface area contributed by atoms with Crippen molar-refractivity contribution in [3.63, 3.8) is 0 Å². The van der Waals surface area contributed by atoms with E-state index in [0.29, 0.717) is 5.69 Å². The number of urea groups is 1. The number of hydrogen-bond donors (Lipinski definition) is 2. The van der Waals surface area contributed by atoms with Crippen molar-refractivity contribution >= 4 is 28.6 Å². The molecule has 1 aliphatic rings. The molecule has 0 aliphatic carbocycles. The molecule has 0 bridgehead atoms. The molecule has 0 fully saturated rings. The first-order valence-electron chi connectivity index (χ1n) is 10.9. The lowest BCUT2D eigenvalue weighted by atomic mass is 9.79. The molecule has 36 heavy (non-hydrogen) atoms. The fourth-order valence-electron chi connectivity index (χ4n) is 4.01. The van der Waals surface area contributed by atoms with E-state index >= 15 is 0 Å². The van der Waals surface area contributed by atoms with Crippen molar-refractivity contribution in [2.75, 3.05) is 0 Å². The van der Waals surface area contributed by atoms with Crippen LogP contribution in [0.15, 0.2) is 66.9 Å². The fourth-order valence-corrected chi connectivity index (χ4v) is 4.33. The van der Waals surface area contributed by atoms with Crippen molar-refractivity contribution in [1.82, 2.24) is 15.6 Å². The van der Waals surface area contributed by atoms with E-state index in [9.17, 15) is 22.4 Å². The maximum atomic E-state index is 14.7. The van der Waals surface area contributed by atoms with Crippen LogP contribution in [0.5, 0.6) is 5.75 Å². The van der Waals surface area contributed by atoms with Crippen LogP contribution in [0.3, 0.4) is 0 Å². The molecule has 2 N–H and O–H groups in total. The Hall–Kier alpha value is -2.93. The van der Waals surface area contributed by atoms with E-state index in [1.54, 1.807) is 44.3 Å². The number of carbonyl (C=O) groups is 1. The zero-order chi connectivity index (χ0) is 26.1. The molecule has 1 atom stereocenters. The van der Waals surface area contributed by atoms with Gasteiger partial charge in [0.2, 0.25) is 0 Å². The Bertz CT molecular complexity index is 1240. The lowest BCUT2D eigenvalue weighted by Gasteiger charge is -2.37. The van der Waals surface area contributed by atoms with Gasteiger partial charge >= 0.3 is 18.4 Å². The van der Waals surface area contributed by atoms with E-state index in [1.807, 2.05) is 18.2 Å². The van der Waals surface area contributed by atoms with Crippen LogP contribution in [-0.2, 0) is 22.8 Å². The first kappa shape index (κ1) is 26.1. The number of benzene rings is 2. The van der Waals surface area contributed by atoms with Crippen molar-refractivity contribution in [3.8, 4) is 5.75 Å². The summed E-state index contributed by atoms with van der Waals surface area (Å²) in [5.41, 5.74) is -1.05. The number of carbonyl (C=O) groups excluding carboxylic acids is 1. The molecule has 0 spiro atoms. The van der Waals surface area contributed by atoms with Gasteiger partial charge in [-0.1, -0.05) is 36.4 Å². The Kier molecular flexibility index (Phi) is 7.15. The molecule has 0 radical (unpaired) electrons. The van der Waals surface area contributed by atoms with Crippen LogP contribution in [0.25, 0.3) is 0 Å². The van der Waals surface area contributed by atoms with Crippen LogP contribution in [0.4, 0.5) is 22.4 Å². The summed E-state index contributed by atoms with van der Waals surface area (Å²) in [4.78, 5) is 17.5. The molecule has 6 nitrogen and oxygen atoms in total. The zero-order valence-corrected chi connectivity index (χ0v) is 21.4. The number of nitrogens with zero attached hydrogens (tertiary/aromatic N) is 1. The summed E-state index contributed by atoms with van der Waals surface area (Å²) in [6, 6.07) is 15.1. The van der Waals surface area contributed by atoms with Crippen LogP contribution >= 0.6 is 22.6 Å². The summed E-state index contributed by atoms with van der Waals surface area (Å²) in [5.74, 6) is -0.726. The quantitative estimate of drug-likeness (QED) is 0.268. The second-order valence-corrected chi connectivity index (χ2v) is 9.82. The number of nitrogens with one attached hydrogen (secondary N) is 2. The predicted molar refractivity (Wildman–Crippen MR) is 132 cm³/mol. The average Bonchev–Trinajstić information content (AvgIpc) is 2.78.